The van der Waals surface area contributed by atoms with Crippen molar-refractivity contribution >= 4 is 29.9 Å². The standard InChI is InChI=1S/C18H30N4O2.HI/c1-4-19-18(21-13-15-9-11-22(2)14-15)20-10-12-24-17-7-5-16(23-3)6-8-17;/h5-8,15H,4,9-14H2,1-3H3,(H2,19,20,21);1H. The van der Waals surface area contributed by atoms with Crippen LogP contribution in [0.3, 0.4) is 0 Å². The Hall–Kier alpha value is -1.22. The highest BCUT2D eigenvalue weighted by atomic mass is 127. The summed E-state index contributed by atoms with van der Waals surface area (Å²) in [6.07, 6.45) is 1.24. The summed E-state index contributed by atoms with van der Waals surface area (Å²) >= 11 is 0. The van der Waals surface area contributed by atoms with Crippen molar-refractivity contribution in [1.29, 1.82) is 0 Å². The molecule has 0 radical (unpaired) electrons. The first-order chi connectivity index (χ1) is 11.7. The number of guanidine groups is 1. The minimum atomic E-state index is 0. The first-order valence-corrected chi connectivity index (χ1v) is 8.69. The summed E-state index contributed by atoms with van der Waals surface area (Å²) in [5.41, 5.74) is 0. The van der Waals surface area contributed by atoms with E-state index in [0.29, 0.717) is 19.1 Å². The van der Waals surface area contributed by atoms with Crippen LogP contribution in [-0.4, -0.2) is 64.3 Å². The second-order valence-electron chi connectivity index (χ2n) is 6.09. The van der Waals surface area contributed by atoms with Gasteiger partial charge in [0.1, 0.15) is 18.1 Å². The summed E-state index contributed by atoms with van der Waals surface area (Å²) < 4.78 is 10.9. The van der Waals surface area contributed by atoms with Gasteiger partial charge >= 0.3 is 0 Å². The Labute approximate surface area is 168 Å². The van der Waals surface area contributed by atoms with E-state index in [-0.39, 0.29) is 24.0 Å². The van der Waals surface area contributed by atoms with Crippen LogP contribution in [-0.2, 0) is 0 Å². The molecule has 7 heteroatoms. The van der Waals surface area contributed by atoms with Crippen LogP contribution < -0.4 is 20.1 Å². The highest BCUT2D eigenvalue weighted by Crippen LogP contribution is 2.16. The van der Waals surface area contributed by atoms with E-state index < -0.39 is 0 Å². The molecule has 0 aliphatic carbocycles. The molecule has 1 saturated heterocycles. The Morgan fingerprint density at radius 1 is 1.24 bits per heavy atom. The molecule has 1 aliphatic heterocycles. The third-order valence-corrected chi connectivity index (χ3v) is 4.06. The van der Waals surface area contributed by atoms with Gasteiger partial charge in [0.25, 0.3) is 0 Å². The Kier molecular flexibility index (Phi) is 10.6. The van der Waals surface area contributed by atoms with Crippen LogP contribution in [0.5, 0.6) is 11.5 Å². The summed E-state index contributed by atoms with van der Waals surface area (Å²) in [4.78, 5) is 7.06. The molecule has 1 atom stereocenters. The van der Waals surface area contributed by atoms with Crippen molar-refractivity contribution in [3.8, 4) is 11.5 Å². The largest absolute Gasteiger partial charge is 0.497 e. The lowest BCUT2D eigenvalue weighted by molar-refractivity contribution is 0.321. The number of hydrogen-bond acceptors (Lipinski definition) is 4. The zero-order chi connectivity index (χ0) is 17.2. The number of halogens is 1. The maximum atomic E-state index is 5.72. The van der Waals surface area contributed by atoms with Crippen LogP contribution in [0.4, 0.5) is 0 Å². The third kappa shape index (κ3) is 8.13. The van der Waals surface area contributed by atoms with Gasteiger partial charge < -0.3 is 25.0 Å². The van der Waals surface area contributed by atoms with Gasteiger partial charge in [-0.3, -0.25) is 4.99 Å². The monoisotopic (exact) mass is 462 g/mol. The van der Waals surface area contributed by atoms with E-state index in [2.05, 4.69) is 29.5 Å². The topological polar surface area (TPSA) is 58.1 Å². The number of likely N-dealkylation sites (tertiary alicyclic amines) is 1. The van der Waals surface area contributed by atoms with E-state index in [4.69, 9.17) is 14.5 Å². The lowest BCUT2D eigenvalue weighted by Gasteiger charge is -2.13. The molecule has 25 heavy (non-hydrogen) atoms. The molecule has 0 spiro atoms. The highest BCUT2D eigenvalue weighted by molar-refractivity contribution is 14.0. The Bertz CT molecular complexity index is 510. The van der Waals surface area contributed by atoms with Crippen LogP contribution in [0, 0.1) is 5.92 Å². The van der Waals surface area contributed by atoms with Crippen LogP contribution in [0.1, 0.15) is 13.3 Å². The van der Waals surface area contributed by atoms with Crippen LogP contribution in [0.2, 0.25) is 0 Å². The van der Waals surface area contributed by atoms with E-state index in [1.165, 1.54) is 13.0 Å². The molecule has 142 valence electrons. The van der Waals surface area contributed by atoms with Crippen LogP contribution >= 0.6 is 24.0 Å². The van der Waals surface area contributed by atoms with Gasteiger partial charge in [0.05, 0.1) is 13.7 Å². The number of rotatable bonds is 8. The maximum absolute atomic E-state index is 5.72. The smallest absolute Gasteiger partial charge is 0.191 e. The summed E-state index contributed by atoms with van der Waals surface area (Å²) in [5, 5.41) is 6.61. The van der Waals surface area contributed by atoms with Gasteiger partial charge in [0.2, 0.25) is 0 Å². The Balaban J connectivity index is 0.00000312. The number of hydrogen-bond donors (Lipinski definition) is 2. The fraction of sp³-hybridized carbons (Fsp3) is 0.611. The van der Waals surface area contributed by atoms with Crippen molar-refractivity contribution in [3.63, 3.8) is 0 Å². The predicted molar refractivity (Wildman–Crippen MR) is 113 cm³/mol. The Morgan fingerprint density at radius 2 is 1.96 bits per heavy atom. The predicted octanol–water partition coefficient (Wildman–Crippen LogP) is 2.20. The molecule has 1 heterocycles. The van der Waals surface area contributed by atoms with E-state index in [0.717, 1.165) is 37.1 Å². The van der Waals surface area contributed by atoms with E-state index >= 15 is 0 Å². The van der Waals surface area contributed by atoms with Crippen molar-refractivity contribution < 1.29 is 9.47 Å². The van der Waals surface area contributed by atoms with Gasteiger partial charge in [-0.25, -0.2) is 0 Å². The van der Waals surface area contributed by atoms with Crippen LogP contribution in [0.25, 0.3) is 0 Å². The zero-order valence-corrected chi connectivity index (χ0v) is 17.8. The number of methoxy groups -OCH3 is 1. The van der Waals surface area contributed by atoms with E-state index in [1.807, 2.05) is 24.3 Å². The lowest BCUT2D eigenvalue weighted by atomic mass is 10.1. The van der Waals surface area contributed by atoms with Gasteiger partial charge in [-0.05, 0) is 57.1 Å². The third-order valence-electron chi connectivity index (χ3n) is 4.06. The molecular formula is C18H31IN4O2. The number of nitrogens with one attached hydrogen (secondary N) is 2. The minimum absolute atomic E-state index is 0. The average Bonchev–Trinajstić information content (AvgIpc) is 3.02. The van der Waals surface area contributed by atoms with E-state index in [1.54, 1.807) is 7.11 Å². The van der Waals surface area contributed by atoms with Gasteiger partial charge in [0, 0.05) is 19.6 Å². The summed E-state index contributed by atoms with van der Waals surface area (Å²) in [6.45, 7) is 7.43. The summed E-state index contributed by atoms with van der Waals surface area (Å²) in [7, 11) is 3.83. The summed E-state index contributed by atoms with van der Waals surface area (Å²) in [5.74, 6) is 3.21. The molecule has 1 aromatic rings. The average molecular weight is 462 g/mol. The van der Waals surface area contributed by atoms with Gasteiger partial charge in [-0.15, -0.1) is 24.0 Å². The minimum Gasteiger partial charge on any atom is -0.497 e. The number of ether oxygens (including phenoxy) is 2. The first-order valence-electron chi connectivity index (χ1n) is 8.69. The number of aliphatic imine (C=N–C) groups is 1. The molecule has 2 N–H and O–H groups in total. The molecule has 1 unspecified atom stereocenters. The van der Waals surface area contributed by atoms with Crippen molar-refractivity contribution in [3.05, 3.63) is 24.3 Å². The highest BCUT2D eigenvalue weighted by Gasteiger charge is 2.18. The molecule has 2 rings (SSSR count). The molecule has 0 aromatic heterocycles. The second-order valence-corrected chi connectivity index (χ2v) is 6.09. The van der Waals surface area contributed by atoms with Gasteiger partial charge in [-0.2, -0.15) is 0 Å². The fourth-order valence-electron chi connectivity index (χ4n) is 2.75. The van der Waals surface area contributed by atoms with Crippen molar-refractivity contribution in [2.45, 2.75) is 13.3 Å². The molecule has 1 fully saturated rings. The van der Waals surface area contributed by atoms with Crippen molar-refractivity contribution in [2.75, 3.05) is 53.5 Å². The molecule has 6 nitrogen and oxygen atoms in total. The molecule has 1 aromatic carbocycles. The SMILES string of the molecule is CCNC(=NCC1CCN(C)C1)NCCOc1ccc(OC)cc1.I. The summed E-state index contributed by atoms with van der Waals surface area (Å²) in [6, 6.07) is 7.61. The molecule has 0 saturated carbocycles. The van der Waals surface area contributed by atoms with E-state index in [9.17, 15) is 0 Å². The van der Waals surface area contributed by atoms with Crippen molar-refractivity contribution in [2.24, 2.45) is 10.9 Å². The molecular weight excluding hydrogens is 431 g/mol. The molecule has 0 bridgehead atoms. The first kappa shape index (κ1) is 21.8. The molecule has 1 aliphatic rings. The lowest BCUT2D eigenvalue weighted by Crippen LogP contribution is -2.39. The zero-order valence-electron chi connectivity index (χ0n) is 15.5. The maximum Gasteiger partial charge on any atom is 0.191 e. The molecule has 0 amide bonds. The van der Waals surface area contributed by atoms with Gasteiger partial charge in [-0.1, -0.05) is 0 Å². The Morgan fingerprint density at radius 3 is 2.56 bits per heavy atom. The van der Waals surface area contributed by atoms with Gasteiger partial charge in [0.15, 0.2) is 5.96 Å². The number of nitrogens with zero attached hydrogens (tertiary/aromatic N) is 2. The second kappa shape index (κ2) is 12.2. The number of benzene rings is 1. The fourth-order valence-corrected chi connectivity index (χ4v) is 2.75. The quantitative estimate of drug-likeness (QED) is 0.269. The van der Waals surface area contributed by atoms with Crippen molar-refractivity contribution in [1.82, 2.24) is 15.5 Å². The normalized spacial score (nSPS) is 17.7. The van der Waals surface area contributed by atoms with Crippen LogP contribution in [0.15, 0.2) is 29.3 Å².